The van der Waals surface area contributed by atoms with Gasteiger partial charge in [0.1, 0.15) is 0 Å². The molecule has 1 N–H and O–H groups in total. The van der Waals surface area contributed by atoms with Gasteiger partial charge in [0.25, 0.3) is 0 Å². The highest BCUT2D eigenvalue weighted by Gasteiger charge is 2.26. The highest BCUT2D eigenvalue weighted by atomic mass is 15.1. The van der Waals surface area contributed by atoms with Gasteiger partial charge in [0.2, 0.25) is 0 Å². The average molecular weight is 275 g/mol. The maximum Gasteiger partial charge on any atom is 0.0547 e. The van der Waals surface area contributed by atoms with Crippen LogP contribution in [0.3, 0.4) is 0 Å². The first kappa shape index (κ1) is 15.5. The van der Waals surface area contributed by atoms with Gasteiger partial charge in [0, 0.05) is 31.4 Å². The largest absolute Gasteiger partial charge is 0.313 e. The van der Waals surface area contributed by atoms with E-state index >= 15 is 0 Å². The highest BCUT2D eigenvalue weighted by Crippen LogP contribution is 2.22. The first-order valence-electron chi connectivity index (χ1n) is 7.87. The second-order valence-corrected chi connectivity index (χ2v) is 6.89. The Morgan fingerprint density at radius 1 is 1.35 bits per heavy atom. The molecule has 0 aromatic carbocycles. The highest BCUT2D eigenvalue weighted by molar-refractivity contribution is 5.09. The first-order chi connectivity index (χ1) is 9.48. The van der Waals surface area contributed by atoms with Crippen LogP contribution in [0, 0.1) is 12.3 Å². The van der Waals surface area contributed by atoms with Crippen molar-refractivity contribution in [2.45, 2.75) is 53.1 Å². The molecule has 20 heavy (non-hydrogen) atoms. The molecule has 1 aliphatic carbocycles. The molecular formula is C17H29N3. The Labute approximate surface area is 123 Å². The molecule has 3 nitrogen and oxygen atoms in total. The lowest BCUT2D eigenvalue weighted by Crippen LogP contribution is -2.41. The third kappa shape index (κ3) is 5.22. The van der Waals surface area contributed by atoms with Gasteiger partial charge in [0.15, 0.2) is 0 Å². The van der Waals surface area contributed by atoms with Gasteiger partial charge < -0.3 is 5.32 Å². The van der Waals surface area contributed by atoms with Crippen molar-refractivity contribution in [1.29, 1.82) is 0 Å². The van der Waals surface area contributed by atoms with Crippen molar-refractivity contribution in [2.24, 2.45) is 5.41 Å². The molecule has 0 amide bonds. The summed E-state index contributed by atoms with van der Waals surface area (Å²) in [4.78, 5) is 7.11. The summed E-state index contributed by atoms with van der Waals surface area (Å²) in [5, 5.41) is 3.66. The van der Waals surface area contributed by atoms with E-state index in [1.165, 1.54) is 18.5 Å². The van der Waals surface area contributed by atoms with Crippen molar-refractivity contribution in [3.8, 4) is 0 Å². The standard InChI is InChI=1S/C17H29N3/c1-5-20(11-16-8-6-7-14(2)19-16)13-17(3,4)12-18-15-9-10-15/h6-8,15,18H,5,9-13H2,1-4H3. The molecule has 0 spiro atoms. The molecule has 1 aromatic heterocycles. The summed E-state index contributed by atoms with van der Waals surface area (Å²) in [6, 6.07) is 7.09. The fraction of sp³-hybridized carbons (Fsp3) is 0.706. The Bertz CT molecular complexity index is 424. The third-order valence-corrected chi connectivity index (χ3v) is 3.88. The number of rotatable bonds is 8. The van der Waals surface area contributed by atoms with E-state index in [9.17, 15) is 0 Å². The molecule has 1 heterocycles. The minimum absolute atomic E-state index is 0.308. The fourth-order valence-electron chi connectivity index (χ4n) is 2.57. The van der Waals surface area contributed by atoms with Gasteiger partial charge in [-0.25, -0.2) is 0 Å². The predicted molar refractivity (Wildman–Crippen MR) is 84.7 cm³/mol. The molecule has 0 aliphatic heterocycles. The first-order valence-corrected chi connectivity index (χ1v) is 7.87. The van der Waals surface area contributed by atoms with E-state index in [0.717, 1.165) is 37.9 Å². The van der Waals surface area contributed by atoms with Gasteiger partial charge in [-0.15, -0.1) is 0 Å². The normalized spacial score (nSPS) is 15.8. The van der Waals surface area contributed by atoms with Crippen LogP contribution in [0.5, 0.6) is 0 Å². The molecule has 2 rings (SSSR count). The number of nitrogens with one attached hydrogen (secondary N) is 1. The zero-order chi connectivity index (χ0) is 14.6. The van der Waals surface area contributed by atoms with Gasteiger partial charge in [-0.05, 0) is 43.9 Å². The number of nitrogens with zero attached hydrogens (tertiary/aromatic N) is 2. The molecule has 112 valence electrons. The van der Waals surface area contributed by atoms with Gasteiger partial charge >= 0.3 is 0 Å². The Balaban J connectivity index is 1.86. The molecule has 0 atom stereocenters. The Morgan fingerprint density at radius 2 is 2.10 bits per heavy atom. The van der Waals surface area contributed by atoms with Crippen molar-refractivity contribution in [1.82, 2.24) is 15.2 Å². The van der Waals surface area contributed by atoms with Crippen molar-refractivity contribution in [2.75, 3.05) is 19.6 Å². The van der Waals surface area contributed by atoms with E-state index in [2.05, 4.69) is 61.1 Å². The maximum atomic E-state index is 4.62. The lowest BCUT2D eigenvalue weighted by molar-refractivity contribution is 0.172. The minimum atomic E-state index is 0.308. The van der Waals surface area contributed by atoms with Crippen LogP contribution in [0.4, 0.5) is 0 Å². The van der Waals surface area contributed by atoms with Crippen LogP contribution in [-0.2, 0) is 6.54 Å². The molecule has 0 bridgehead atoms. The third-order valence-electron chi connectivity index (χ3n) is 3.88. The molecule has 0 saturated heterocycles. The zero-order valence-electron chi connectivity index (χ0n) is 13.4. The average Bonchev–Trinajstić information content (AvgIpc) is 3.19. The topological polar surface area (TPSA) is 28.2 Å². The van der Waals surface area contributed by atoms with Gasteiger partial charge in [0.05, 0.1) is 5.69 Å². The second kappa shape index (κ2) is 6.68. The van der Waals surface area contributed by atoms with E-state index in [1.807, 2.05) is 0 Å². The van der Waals surface area contributed by atoms with Gasteiger partial charge in [-0.3, -0.25) is 9.88 Å². The number of hydrogen-bond donors (Lipinski definition) is 1. The van der Waals surface area contributed by atoms with E-state index in [1.54, 1.807) is 0 Å². The number of aryl methyl sites for hydroxylation is 1. The molecule has 0 unspecified atom stereocenters. The Morgan fingerprint density at radius 3 is 2.70 bits per heavy atom. The lowest BCUT2D eigenvalue weighted by Gasteiger charge is -2.32. The summed E-state index contributed by atoms with van der Waals surface area (Å²) >= 11 is 0. The molecule has 3 heteroatoms. The Kier molecular flexibility index (Phi) is 5.17. The summed E-state index contributed by atoms with van der Waals surface area (Å²) < 4.78 is 0. The number of hydrogen-bond acceptors (Lipinski definition) is 3. The lowest BCUT2D eigenvalue weighted by atomic mass is 9.92. The van der Waals surface area contributed by atoms with Gasteiger partial charge in [-0.2, -0.15) is 0 Å². The predicted octanol–water partition coefficient (Wildman–Crippen LogP) is 2.99. The van der Waals surface area contributed by atoms with Crippen LogP contribution < -0.4 is 5.32 Å². The second-order valence-electron chi connectivity index (χ2n) is 6.89. The van der Waals surface area contributed by atoms with Crippen molar-refractivity contribution >= 4 is 0 Å². The van der Waals surface area contributed by atoms with Crippen molar-refractivity contribution < 1.29 is 0 Å². The summed E-state index contributed by atoms with van der Waals surface area (Å²) in [5.74, 6) is 0. The smallest absolute Gasteiger partial charge is 0.0547 e. The SMILES string of the molecule is CCN(Cc1cccc(C)n1)CC(C)(C)CNC1CC1. The van der Waals surface area contributed by atoms with Crippen LogP contribution >= 0.6 is 0 Å². The zero-order valence-corrected chi connectivity index (χ0v) is 13.4. The molecular weight excluding hydrogens is 246 g/mol. The summed E-state index contributed by atoms with van der Waals surface area (Å²) in [6.07, 6.45) is 2.72. The number of aromatic nitrogens is 1. The number of pyridine rings is 1. The van der Waals surface area contributed by atoms with Gasteiger partial charge in [-0.1, -0.05) is 26.8 Å². The van der Waals surface area contributed by atoms with Crippen molar-refractivity contribution in [3.05, 3.63) is 29.6 Å². The molecule has 1 aliphatic rings. The van der Waals surface area contributed by atoms with Crippen molar-refractivity contribution in [3.63, 3.8) is 0 Å². The van der Waals surface area contributed by atoms with E-state index in [-0.39, 0.29) is 0 Å². The summed E-state index contributed by atoms with van der Waals surface area (Å²) in [6.45, 7) is 13.2. The fourth-order valence-corrected chi connectivity index (χ4v) is 2.57. The monoisotopic (exact) mass is 275 g/mol. The molecule has 1 saturated carbocycles. The van der Waals surface area contributed by atoms with Crippen LogP contribution in [-0.4, -0.2) is 35.6 Å². The molecule has 1 aromatic rings. The van der Waals surface area contributed by atoms with E-state index in [0.29, 0.717) is 5.41 Å². The van der Waals surface area contributed by atoms with Crippen LogP contribution in [0.1, 0.15) is 45.0 Å². The summed E-state index contributed by atoms with van der Waals surface area (Å²) in [5.41, 5.74) is 2.59. The molecule has 1 fully saturated rings. The van der Waals surface area contributed by atoms with Crippen LogP contribution in [0.15, 0.2) is 18.2 Å². The molecule has 0 radical (unpaired) electrons. The Hall–Kier alpha value is -0.930. The minimum Gasteiger partial charge on any atom is -0.313 e. The van der Waals surface area contributed by atoms with E-state index < -0.39 is 0 Å². The van der Waals surface area contributed by atoms with E-state index in [4.69, 9.17) is 0 Å². The maximum absolute atomic E-state index is 4.62. The van der Waals surface area contributed by atoms with Crippen LogP contribution in [0.25, 0.3) is 0 Å². The quantitative estimate of drug-likeness (QED) is 0.790. The van der Waals surface area contributed by atoms with Crippen LogP contribution in [0.2, 0.25) is 0 Å². The summed E-state index contributed by atoms with van der Waals surface area (Å²) in [7, 11) is 0.